The van der Waals surface area contributed by atoms with E-state index < -0.39 is 10.0 Å². The second-order valence-corrected chi connectivity index (χ2v) is 6.05. The fourth-order valence-electron chi connectivity index (χ4n) is 1.58. The molecule has 6 heteroatoms. The van der Waals surface area contributed by atoms with Gasteiger partial charge in [-0.25, -0.2) is 13.1 Å². The van der Waals surface area contributed by atoms with Crippen molar-refractivity contribution in [2.45, 2.75) is 24.3 Å². The second kappa shape index (κ2) is 8.02. The first kappa shape index (κ1) is 16.7. The van der Waals surface area contributed by atoms with Crippen molar-refractivity contribution in [1.29, 1.82) is 0 Å². The number of rotatable bonds is 6. The molecule has 0 amide bonds. The van der Waals surface area contributed by atoms with Crippen molar-refractivity contribution in [3.63, 3.8) is 0 Å². The van der Waals surface area contributed by atoms with Crippen molar-refractivity contribution in [2.75, 3.05) is 20.3 Å². The predicted molar refractivity (Wildman–Crippen MR) is 78.7 cm³/mol. The maximum atomic E-state index is 12.2. The van der Waals surface area contributed by atoms with Crippen molar-refractivity contribution in [3.8, 4) is 11.8 Å². The molecule has 1 aromatic carbocycles. The minimum absolute atomic E-state index is 0.196. The van der Waals surface area contributed by atoms with Gasteiger partial charge < -0.3 is 10.5 Å². The Morgan fingerprint density at radius 2 is 2.20 bits per heavy atom. The van der Waals surface area contributed by atoms with Gasteiger partial charge in [0, 0.05) is 25.3 Å². The van der Waals surface area contributed by atoms with Gasteiger partial charge in [-0.1, -0.05) is 17.9 Å². The van der Waals surface area contributed by atoms with Crippen LogP contribution in [0.2, 0.25) is 0 Å². The average Bonchev–Trinajstić information content (AvgIpc) is 2.42. The van der Waals surface area contributed by atoms with Crippen LogP contribution < -0.4 is 10.5 Å². The van der Waals surface area contributed by atoms with Crippen molar-refractivity contribution < 1.29 is 13.2 Å². The van der Waals surface area contributed by atoms with Crippen LogP contribution in [0.15, 0.2) is 29.2 Å². The smallest absolute Gasteiger partial charge is 0.240 e. The van der Waals surface area contributed by atoms with Crippen LogP contribution in [0.4, 0.5) is 0 Å². The van der Waals surface area contributed by atoms with Gasteiger partial charge in [0.05, 0.1) is 11.4 Å². The van der Waals surface area contributed by atoms with Gasteiger partial charge in [0.15, 0.2) is 0 Å². The summed E-state index contributed by atoms with van der Waals surface area (Å²) in [7, 11) is -1.96. The standard InChI is InChI=1S/C14H20N2O3S/c1-12(8-10-19-2)16-20(17,18)14-7-3-5-13(11-14)6-4-9-15/h3,5,7,11-12,16H,8-10,15H2,1-2H3. The second-order valence-electron chi connectivity index (χ2n) is 4.34. The molecule has 0 spiro atoms. The number of nitrogens with two attached hydrogens (primary N) is 1. The Labute approximate surface area is 120 Å². The summed E-state index contributed by atoms with van der Waals surface area (Å²) in [5, 5.41) is 0. The Hall–Kier alpha value is -1.39. The van der Waals surface area contributed by atoms with Crippen LogP contribution in [0.25, 0.3) is 0 Å². The summed E-state index contributed by atoms with van der Waals surface area (Å²) in [6.45, 7) is 2.55. The molecule has 20 heavy (non-hydrogen) atoms. The Kier molecular flexibility index (Phi) is 6.68. The molecule has 1 rings (SSSR count). The number of hydrogen-bond donors (Lipinski definition) is 2. The topological polar surface area (TPSA) is 81.4 Å². The monoisotopic (exact) mass is 296 g/mol. The quantitative estimate of drug-likeness (QED) is 0.757. The summed E-state index contributed by atoms with van der Waals surface area (Å²) >= 11 is 0. The molecule has 0 aliphatic heterocycles. The molecule has 0 radical (unpaired) electrons. The minimum Gasteiger partial charge on any atom is -0.385 e. The zero-order chi connectivity index (χ0) is 15.0. The van der Waals surface area contributed by atoms with Crippen LogP contribution in [0.3, 0.4) is 0 Å². The molecular formula is C14H20N2O3S. The molecule has 0 heterocycles. The summed E-state index contributed by atoms with van der Waals surface area (Å²) in [4.78, 5) is 0.200. The highest BCUT2D eigenvalue weighted by Gasteiger charge is 2.17. The van der Waals surface area contributed by atoms with Crippen LogP contribution in [0.5, 0.6) is 0 Å². The fourth-order valence-corrected chi connectivity index (χ4v) is 2.90. The van der Waals surface area contributed by atoms with Gasteiger partial charge in [0.1, 0.15) is 0 Å². The highest BCUT2D eigenvalue weighted by Crippen LogP contribution is 2.12. The molecule has 0 bridgehead atoms. The van der Waals surface area contributed by atoms with E-state index in [1.807, 2.05) is 0 Å². The largest absolute Gasteiger partial charge is 0.385 e. The highest BCUT2D eigenvalue weighted by atomic mass is 32.2. The van der Waals surface area contributed by atoms with E-state index in [2.05, 4.69) is 16.6 Å². The summed E-state index contributed by atoms with van der Waals surface area (Å²) in [6, 6.07) is 6.29. The molecular weight excluding hydrogens is 276 g/mol. The number of nitrogens with one attached hydrogen (secondary N) is 1. The van der Waals surface area contributed by atoms with Gasteiger partial charge in [-0.15, -0.1) is 0 Å². The molecule has 5 nitrogen and oxygen atoms in total. The first-order valence-corrected chi connectivity index (χ1v) is 7.78. The lowest BCUT2D eigenvalue weighted by Crippen LogP contribution is -2.33. The molecule has 0 fully saturated rings. The van der Waals surface area contributed by atoms with Gasteiger partial charge in [0.25, 0.3) is 0 Å². The third-order valence-corrected chi connectivity index (χ3v) is 4.18. The zero-order valence-corrected chi connectivity index (χ0v) is 12.5. The average molecular weight is 296 g/mol. The third kappa shape index (κ3) is 5.31. The number of benzene rings is 1. The molecule has 1 atom stereocenters. The van der Waals surface area contributed by atoms with E-state index in [9.17, 15) is 8.42 Å². The summed E-state index contributed by atoms with van der Waals surface area (Å²) in [5.74, 6) is 5.52. The van der Waals surface area contributed by atoms with Crippen LogP contribution in [-0.4, -0.2) is 34.7 Å². The van der Waals surface area contributed by atoms with Crippen molar-refractivity contribution in [1.82, 2.24) is 4.72 Å². The van der Waals surface area contributed by atoms with E-state index in [4.69, 9.17) is 10.5 Å². The van der Waals surface area contributed by atoms with E-state index >= 15 is 0 Å². The molecule has 3 N–H and O–H groups in total. The van der Waals surface area contributed by atoms with Crippen molar-refractivity contribution in [2.24, 2.45) is 5.73 Å². The van der Waals surface area contributed by atoms with E-state index in [-0.39, 0.29) is 17.5 Å². The zero-order valence-electron chi connectivity index (χ0n) is 11.7. The fraction of sp³-hybridized carbons (Fsp3) is 0.429. The van der Waals surface area contributed by atoms with Gasteiger partial charge in [-0.3, -0.25) is 0 Å². The van der Waals surface area contributed by atoms with Crippen LogP contribution in [0.1, 0.15) is 18.9 Å². The van der Waals surface area contributed by atoms with Gasteiger partial charge >= 0.3 is 0 Å². The number of ether oxygens (including phenoxy) is 1. The van der Waals surface area contributed by atoms with E-state index in [0.29, 0.717) is 18.6 Å². The summed E-state index contributed by atoms with van der Waals surface area (Å²) in [5.41, 5.74) is 5.92. The molecule has 110 valence electrons. The van der Waals surface area contributed by atoms with Crippen LogP contribution in [-0.2, 0) is 14.8 Å². The molecule has 1 unspecified atom stereocenters. The lowest BCUT2D eigenvalue weighted by atomic mass is 10.2. The SMILES string of the molecule is COCCC(C)NS(=O)(=O)c1cccc(C#CCN)c1. The molecule has 0 aliphatic carbocycles. The molecule has 0 aliphatic rings. The molecule has 0 saturated heterocycles. The van der Waals surface area contributed by atoms with Crippen molar-refractivity contribution in [3.05, 3.63) is 29.8 Å². The summed E-state index contributed by atoms with van der Waals surface area (Å²) in [6.07, 6.45) is 0.613. The Morgan fingerprint density at radius 1 is 1.45 bits per heavy atom. The van der Waals surface area contributed by atoms with Crippen molar-refractivity contribution >= 4 is 10.0 Å². The minimum atomic E-state index is -3.54. The Balaban J connectivity index is 2.87. The van der Waals surface area contributed by atoms with E-state index in [1.165, 1.54) is 6.07 Å². The molecule has 0 saturated carbocycles. The van der Waals surface area contributed by atoms with E-state index in [0.717, 1.165) is 0 Å². The first-order chi connectivity index (χ1) is 9.49. The lowest BCUT2D eigenvalue weighted by Gasteiger charge is -2.13. The number of methoxy groups -OCH3 is 1. The molecule has 1 aromatic rings. The normalized spacial score (nSPS) is 12.6. The Bertz CT molecular complexity index is 588. The number of hydrogen-bond acceptors (Lipinski definition) is 4. The van der Waals surface area contributed by atoms with Gasteiger partial charge in [-0.2, -0.15) is 0 Å². The van der Waals surface area contributed by atoms with Crippen LogP contribution >= 0.6 is 0 Å². The number of sulfonamides is 1. The van der Waals surface area contributed by atoms with Gasteiger partial charge in [0.2, 0.25) is 10.0 Å². The van der Waals surface area contributed by atoms with E-state index in [1.54, 1.807) is 32.2 Å². The van der Waals surface area contributed by atoms with Crippen LogP contribution in [0, 0.1) is 11.8 Å². The molecule has 0 aromatic heterocycles. The first-order valence-electron chi connectivity index (χ1n) is 6.30. The highest BCUT2D eigenvalue weighted by molar-refractivity contribution is 7.89. The third-order valence-electron chi connectivity index (χ3n) is 2.59. The Morgan fingerprint density at radius 3 is 2.85 bits per heavy atom. The maximum absolute atomic E-state index is 12.2. The maximum Gasteiger partial charge on any atom is 0.240 e. The summed E-state index contributed by atoms with van der Waals surface area (Å²) < 4.78 is 32.0. The van der Waals surface area contributed by atoms with Gasteiger partial charge in [-0.05, 0) is 31.5 Å². The predicted octanol–water partition coefficient (Wildman–Crippen LogP) is 0.700. The lowest BCUT2D eigenvalue weighted by molar-refractivity contribution is 0.188.